The molecular formula is C15H17ClN2O3S. The molecule has 0 fully saturated rings. The van der Waals surface area contributed by atoms with Gasteiger partial charge in [-0.2, -0.15) is 0 Å². The Kier molecular flexibility index (Phi) is 6.33. The Morgan fingerprint density at radius 2 is 2.18 bits per heavy atom. The molecule has 0 saturated carbocycles. The van der Waals surface area contributed by atoms with Crippen LogP contribution in [0.5, 0.6) is 0 Å². The zero-order chi connectivity index (χ0) is 15.9. The molecule has 1 atom stereocenters. The highest BCUT2D eigenvalue weighted by Crippen LogP contribution is 2.25. The Hall–Kier alpha value is -1.47. The van der Waals surface area contributed by atoms with Crippen molar-refractivity contribution in [1.82, 2.24) is 10.3 Å². The smallest absolute Gasteiger partial charge is 0.270 e. The van der Waals surface area contributed by atoms with Crippen molar-refractivity contribution in [3.8, 4) is 10.6 Å². The fourth-order valence-corrected chi connectivity index (χ4v) is 2.75. The topological polar surface area (TPSA) is 71.5 Å². The van der Waals surface area contributed by atoms with Crippen LogP contribution in [0.3, 0.4) is 0 Å². The lowest BCUT2D eigenvalue weighted by molar-refractivity contribution is 0.0587. The third-order valence-corrected chi connectivity index (χ3v) is 4.09. The highest BCUT2D eigenvalue weighted by molar-refractivity contribution is 7.13. The number of nitrogens with zero attached hydrogens (tertiary/aromatic N) is 1. The molecule has 5 nitrogen and oxygen atoms in total. The Morgan fingerprint density at radius 3 is 2.86 bits per heavy atom. The van der Waals surface area contributed by atoms with Crippen molar-refractivity contribution in [1.29, 1.82) is 0 Å². The number of carbonyl (C=O) groups excluding carboxylic acids is 1. The van der Waals surface area contributed by atoms with E-state index in [1.54, 1.807) is 17.5 Å². The number of amides is 1. The Labute approximate surface area is 137 Å². The van der Waals surface area contributed by atoms with Crippen LogP contribution in [0, 0.1) is 0 Å². The number of carbonyl (C=O) groups is 1. The number of benzene rings is 1. The monoisotopic (exact) mass is 340 g/mol. The van der Waals surface area contributed by atoms with E-state index in [1.165, 1.54) is 18.4 Å². The second kappa shape index (κ2) is 8.24. The van der Waals surface area contributed by atoms with Gasteiger partial charge in [0, 0.05) is 29.6 Å². The second-order valence-corrected chi connectivity index (χ2v) is 5.99. The normalized spacial score (nSPS) is 12.1. The van der Waals surface area contributed by atoms with E-state index in [9.17, 15) is 9.90 Å². The predicted octanol–water partition coefficient (Wildman–Crippen LogP) is 2.59. The van der Waals surface area contributed by atoms with Gasteiger partial charge in [-0.3, -0.25) is 4.79 Å². The molecule has 0 aliphatic heterocycles. The van der Waals surface area contributed by atoms with E-state index in [4.69, 9.17) is 16.3 Å². The Balaban J connectivity index is 1.90. The van der Waals surface area contributed by atoms with E-state index in [1.807, 2.05) is 12.1 Å². The average molecular weight is 341 g/mol. The first-order valence-corrected chi connectivity index (χ1v) is 8.02. The van der Waals surface area contributed by atoms with Gasteiger partial charge in [0.15, 0.2) is 0 Å². The van der Waals surface area contributed by atoms with Crippen LogP contribution in [0.1, 0.15) is 16.9 Å². The molecule has 0 aliphatic rings. The number of methoxy groups -OCH3 is 1. The van der Waals surface area contributed by atoms with E-state index in [0.717, 1.165) is 10.6 Å². The SMILES string of the molecule is COCC(O)CCNC(=O)c1csc(-c2ccc(Cl)cc2)n1. The number of hydrogen-bond acceptors (Lipinski definition) is 5. The van der Waals surface area contributed by atoms with Crippen LogP contribution in [0.2, 0.25) is 5.02 Å². The first-order valence-electron chi connectivity index (χ1n) is 6.77. The molecule has 2 N–H and O–H groups in total. The summed E-state index contributed by atoms with van der Waals surface area (Å²) in [5, 5.41) is 15.4. The molecule has 2 rings (SSSR count). The van der Waals surface area contributed by atoms with E-state index >= 15 is 0 Å². The first-order chi connectivity index (χ1) is 10.6. The van der Waals surface area contributed by atoms with Crippen LogP contribution in [-0.2, 0) is 4.74 Å². The highest BCUT2D eigenvalue weighted by atomic mass is 35.5. The van der Waals surface area contributed by atoms with E-state index in [-0.39, 0.29) is 12.5 Å². The molecule has 0 aliphatic carbocycles. The molecule has 7 heteroatoms. The third kappa shape index (κ3) is 4.78. The lowest BCUT2D eigenvalue weighted by atomic mass is 10.2. The van der Waals surface area contributed by atoms with Crippen LogP contribution in [0.25, 0.3) is 10.6 Å². The molecule has 0 bridgehead atoms. The van der Waals surface area contributed by atoms with Crippen molar-refractivity contribution in [3.63, 3.8) is 0 Å². The molecule has 1 amide bonds. The van der Waals surface area contributed by atoms with Crippen molar-refractivity contribution >= 4 is 28.8 Å². The molecule has 0 spiro atoms. The summed E-state index contributed by atoms with van der Waals surface area (Å²) in [5.41, 5.74) is 1.29. The first kappa shape index (κ1) is 16.9. The quantitative estimate of drug-likeness (QED) is 0.812. The summed E-state index contributed by atoms with van der Waals surface area (Å²) in [6.07, 6.45) is -0.140. The number of hydrogen-bond donors (Lipinski definition) is 2. The maximum atomic E-state index is 12.0. The Morgan fingerprint density at radius 1 is 1.45 bits per heavy atom. The predicted molar refractivity (Wildman–Crippen MR) is 87.4 cm³/mol. The van der Waals surface area contributed by atoms with Gasteiger partial charge >= 0.3 is 0 Å². The van der Waals surface area contributed by atoms with Crippen LogP contribution in [-0.4, -0.2) is 42.4 Å². The zero-order valence-corrected chi connectivity index (χ0v) is 13.7. The van der Waals surface area contributed by atoms with E-state index < -0.39 is 6.10 Å². The summed E-state index contributed by atoms with van der Waals surface area (Å²) in [5.74, 6) is -0.249. The number of aromatic nitrogens is 1. The number of thiazole rings is 1. The molecule has 0 radical (unpaired) electrons. The number of ether oxygens (including phenoxy) is 1. The number of halogens is 1. The van der Waals surface area contributed by atoms with Crippen LogP contribution < -0.4 is 5.32 Å². The molecule has 118 valence electrons. The number of aliphatic hydroxyl groups excluding tert-OH is 1. The van der Waals surface area contributed by atoms with Crippen molar-refractivity contribution < 1.29 is 14.6 Å². The number of rotatable bonds is 7. The minimum Gasteiger partial charge on any atom is -0.391 e. The molecule has 0 saturated heterocycles. The number of nitrogens with one attached hydrogen (secondary N) is 1. The molecule has 1 heterocycles. The van der Waals surface area contributed by atoms with Crippen molar-refractivity contribution in [2.75, 3.05) is 20.3 Å². The molecule has 1 unspecified atom stereocenters. The third-order valence-electron chi connectivity index (χ3n) is 2.95. The van der Waals surface area contributed by atoms with Gasteiger partial charge in [0.2, 0.25) is 0 Å². The molecule has 1 aromatic carbocycles. The lowest BCUT2D eigenvalue weighted by Crippen LogP contribution is -2.28. The summed E-state index contributed by atoms with van der Waals surface area (Å²) in [7, 11) is 1.52. The van der Waals surface area contributed by atoms with Gasteiger partial charge in [0.25, 0.3) is 5.91 Å². The number of aliphatic hydroxyl groups is 1. The van der Waals surface area contributed by atoms with Gasteiger partial charge in [-0.05, 0) is 18.6 Å². The standard InChI is InChI=1S/C15H17ClN2O3S/c1-21-8-12(19)6-7-17-14(20)13-9-22-15(18-13)10-2-4-11(16)5-3-10/h2-5,9,12,19H,6-8H2,1H3,(H,17,20). The molecule has 1 aromatic heterocycles. The summed E-state index contributed by atoms with van der Waals surface area (Å²) >= 11 is 7.25. The van der Waals surface area contributed by atoms with Gasteiger partial charge in [-0.25, -0.2) is 4.98 Å². The highest BCUT2D eigenvalue weighted by Gasteiger charge is 2.12. The van der Waals surface area contributed by atoms with E-state index in [0.29, 0.717) is 23.7 Å². The molecule has 22 heavy (non-hydrogen) atoms. The summed E-state index contributed by atoms with van der Waals surface area (Å²) in [6, 6.07) is 7.30. The van der Waals surface area contributed by atoms with Gasteiger partial charge in [0.05, 0.1) is 12.7 Å². The maximum absolute atomic E-state index is 12.0. The fourth-order valence-electron chi connectivity index (χ4n) is 1.82. The van der Waals surface area contributed by atoms with Crippen molar-refractivity contribution in [3.05, 3.63) is 40.4 Å². The fraction of sp³-hybridized carbons (Fsp3) is 0.333. The van der Waals surface area contributed by atoms with Gasteiger partial charge in [-0.15, -0.1) is 11.3 Å². The van der Waals surface area contributed by atoms with Crippen LogP contribution in [0.4, 0.5) is 0 Å². The molecule has 2 aromatic rings. The Bertz CT molecular complexity index is 616. The van der Waals surface area contributed by atoms with Crippen molar-refractivity contribution in [2.45, 2.75) is 12.5 Å². The summed E-state index contributed by atoms with van der Waals surface area (Å²) in [6.45, 7) is 0.629. The maximum Gasteiger partial charge on any atom is 0.270 e. The summed E-state index contributed by atoms with van der Waals surface area (Å²) in [4.78, 5) is 16.3. The van der Waals surface area contributed by atoms with Gasteiger partial charge in [-0.1, -0.05) is 23.7 Å². The second-order valence-electron chi connectivity index (χ2n) is 4.70. The minimum atomic E-state index is -0.578. The van der Waals surface area contributed by atoms with Gasteiger partial charge < -0.3 is 15.2 Å². The zero-order valence-electron chi connectivity index (χ0n) is 12.1. The van der Waals surface area contributed by atoms with Gasteiger partial charge in [0.1, 0.15) is 10.7 Å². The average Bonchev–Trinajstić information content (AvgIpc) is 2.98. The molecular weight excluding hydrogens is 324 g/mol. The van der Waals surface area contributed by atoms with E-state index in [2.05, 4.69) is 10.3 Å². The van der Waals surface area contributed by atoms with Crippen molar-refractivity contribution in [2.24, 2.45) is 0 Å². The lowest BCUT2D eigenvalue weighted by Gasteiger charge is -2.09. The van der Waals surface area contributed by atoms with Crippen LogP contribution in [0.15, 0.2) is 29.6 Å². The van der Waals surface area contributed by atoms with Crippen LogP contribution >= 0.6 is 22.9 Å². The minimum absolute atomic E-state index is 0.249. The summed E-state index contributed by atoms with van der Waals surface area (Å²) < 4.78 is 4.82. The largest absolute Gasteiger partial charge is 0.391 e.